The summed E-state index contributed by atoms with van der Waals surface area (Å²) < 4.78 is 28.1. The molecule has 0 aromatic heterocycles. The van der Waals surface area contributed by atoms with Crippen molar-refractivity contribution in [1.82, 2.24) is 0 Å². The summed E-state index contributed by atoms with van der Waals surface area (Å²) in [5.74, 6) is 0.228. The first-order valence-corrected chi connectivity index (χ1v) is 7.71. The monoisotopic (exact) mass is 310 g/mol. The van der Waals surface area contributed by atoms with Crippen molar-refractivity contribution in [3.63, 3.8) is 0 Å². The summed E-state index contributed by atoms with van der Waals surface area (Å²) in [4.78, 5) is 0. The van der Waals surface area contributed by atoms with Crippen LogP contribution >= 0.6 is 31.0 Å². The Bertz CT molecular complexity index is 480. The second-order valence-corrected chi connectivity index (χ2v) is 6.52. The summed E-state index contributed by atoms with van der Waals surface area (Å²) in [6, 6.07) is 4.62. The highest BCUT2D eigenvalue weighted by atomic mass is 35.5. The summed E-state index contributed by atoms with van der Waals surface area (Å²) in [7, 11) is -3.62. The SMILES string of the molecule is C[C@@H]1C[C@H](C)OP(=O)(Oc2ccc(Cl)cc2Cl)O1. The predicted octanol–water partition coefficient (Wildman–Crippen LogP) is 4.69. The maximum Gasteiger partial charge on any atom is 0.530 e. The third-order valence-corrected chi connectivity index (χ3v) is 4.57. The van der Waals surface area contributed by atoms with E-state index in [1.54, 1.807) is 6.07 Å². The molecule has 1 saturated heterocycles. The van der Waals surface area contributed by atoms with Crippen molar-refractivity contribution in [2.75, 3.05) is 0 Å². The zero-order valence-electron chi connectivity index (χ0n) is 9.93. The minimum atomic E-state index is -3.62. The fourth-order valence-corrected chi connectivity index (χ4v) is 3.82. The molecule has 0 radical (unpaired) electrons. The van der Waals surface area contributed by atoms with Gasteiger partial charge in [0, 0.05) is 11.4 Å². The fourth-order valence-electron chi connectivity index (χ4n) is 1.73. The van der Waals surface area contributed by atoms with E-state index < -0.39 is 7.82 Å². The van der Waals surface area contributed by atoms with Gasteiger partial charge in [-0.25, -0.2) is 4.57 Å². The second-order valence-electron chi connectivity index (χ2n) is 4.18. The number of phosphoric acid groups is 1. The Balaban J connectivity index is 2.19. The lowest BCUT2D eigenvalue weighted by molar-refractivity contribution is 0.0217. The molecule has 100 valence electrons. The van der Waals surface area contributed by atoms with Crippen molar-refractivity contribution in [3.8, 4) is 5.75 Å². The van der Waals surface area contributed by atoms with Gasteiger partial charge in [0.2, 0.25) is 0 Å². The van der Waals surface area contributed by atoms with Gasteiger partial charge in [0.15, 0.2) is 0 Å². The van der Waals surface area contributed by atoms with Crippen molar-refractivity contribution < 1.29 is 18.1 Å². The molecular weight excluding hydrogens is 298 g/mol. The van der Waals surface area contributed by atoms with Gasteiger partial charge >= 0.3 is 7.82 Å². The summed E-state index contributed by atoms with van der Waals surface area (Å²) in [5, 5.41) is 0.730. The molecule has 18 heavy (non-hydrogen) atoms. The highest BCUT2D eigenvalue weighted by Gasteiger charge is 2.39. The molecule has 1 aliphatic rings. The standard InChI is InChI=1S/C11H13Cl2O4P/c1-7-5-8(2)16-18(14,15-7)17-11-4-3-9(12)6-10(11)13/h3-4,6-8H,5H2,1-2H3/t7-,8+,18?. The first kappa shape index (κ1) is 14.2. The number of rotatable bonds is 2. The highest BCUT2D eigenvalue weighted by molar-refractivity contribution is 7.49. The minimum Gasteiger partial charge on any atom is -0.402 e. The van der Waals surface area contributed by atoms with Crippen LogP contribution in [0.4, 0.5) is 0 Å². The van der Waals surface area contributed by atoms with Crippen LogP contribution in [0.3, 0.4) is 0 Å². The number of hydrogen-bond donors (Lipinski definition) is 0. The van der Waals surface area contributed by atoms with E-state index >= 15 is 0 Å². The molecule has 0 spiro atoms. The van der Waals surface area contributed by atoms with Gasteiger partial charge in [0.25, 0.3) is 0 Å². The molecule has 2 rings (SSSR count). The van der Waals surface area contributed by atoms with E-state index in [0.29, 0.717) is 11.4 Å². The molecule has 1 heterocycles. The van der Waals surface area contributed by atoms with Gasteiger partial charge in [0.05, 0.1) is 17.2 Å². The third kappa shape index (κ3) is 3.40. The van der Waals surface area contributed by atoms with Crippen LogP contribution in [0.25, 0.3) is 0 Å². The molecule has 0 amide bonds. The topological polar surface area (TPSA) is 44.8 Å². The maximum atomic E-state index is 12.3. The number of halogens is 2. The molecule has 7 heteroatoms. The van der Waals surface area contributed by atoms with Crippen molar-refractivity contribution in [2.45, 2.75) is 32.5 Å². The molecular formula is C11H13Cl2O4P. The first-order chi connectivity index (χ1) is 8.38. The van der Waals surface area contributed by atoms with Crippen LogP contribution in [0, 0.1) is 0 Å². The molecule has 0 saturated carbocycles. The number of phosphoric ester groups is 1. The van der Waals surface area contributed by atoms with Crippen LogP contribution < -0.4 is 4.52 Å². The Labute approximate surface area is 116 Å². The van der Waals surface area contributed by atoms with Crippen LogP contribution in [0.15, 0.2) is 18.2 Å². The van der Waals surface area contributed by atoms with E-state index in [1.165, 1.54) is 12.1 Å². The molecule has 0 N–H and O–H groups in total. The van der Waals surface area contributed by atoms with E-state index in [-0.39, 0.29) is 23.0 Å². The lowest BCUT2D eigenvalue weighted by atomic mass is 10.2. The normalized spacial score (nSPS) is 32.2. The molecule has 0 bridgehead atoms. The van der Waals surface area contributed by atoms with E-state index in [4.69, 9.17) is 36.8 Å². The van der Waals surface area contributed by atoms with Crippen LogP contribution in [0.1, 0.15) is 20.3 Å². The molecule has 0 aliphatic carbocycles. The van der Waals surface area contributed by atoms with Crippen LogP contribution in [0.5, 0.6) is 5.75 Å². The van der Waals surface area contributed by atoms with Crippen molar-refractivity contribution >= 4 is 31.0 Å². The van der Waals surface area contributed by atoms with Gasteiger partial charge in [-0.1, -0.05) is 23.2 Å². The Hall–Kier alpha value is -0.250. The van der Waals surface area contributed by atoms with Crippen LogP contribution in [0.2, 0.25) is 10.0 Å². The zero-order chi connectivity index (χ0) is 13.3. The smallest absolute Gasteiger partial charge is 0.402 e. The van der Waals surface area contributed by atoms with E-state index in [0.717, 1.165) is 0 Å². The highest BCUT2D eigenvalue weighted by Crippen LogP contribution is 2.56. The van der Waals surface area contributed by atoms with Gasteiger partial charge in [-0.3, -0.25) is 9.05 Å². The lowest BCUT2D eigenvalue weighted by Crippen LogP contribution is -2.25. The van der Waals surface area contributed by atoms with Crippen LogP contribution in [-0.2, 0) is 13.6 Å². The fraction of sp³-hybridized carbons (Fsp3) is 0.455. The Morgan fingerprint density at radius 2 is 1.89 bits per heavy atom. The predicted molar refractivity (Wildman–Crippen MR) is 70.4 cm³/mol. The average Bonchev–Trinajstić information content (AvgIpc) is 2.20. The average molecular weight is 311 g/mol. The van der Waals surface area contributed by atoms with Crippen LogP contribution in [-0.4, -0.2) is 12.2 Å². The summed E-state index contributed by atoms with van der Waals surface area (Å²) >= 11 is 11.7. The summed E-state index contributed by atoms with van der Waals surface area (Å²) in [6.45, 7) is 3.64. The van der Waals surface area contributed by atoms with Gasteiger partial charge in [-0.2, -0.15) is 0 Å². The second kappa shape index (κ2) is 5.40. The molecule has 3 atom stereocenters. The third-order valence-electron chi connectivity index (χ3n) is 2.39. The Morgan fingerprint density at radius 3 is 2.44 bits per heavy atom. The van der Waals surface area contributed by atoms with Crippen molar-refractivity contribution in [2.24, 2.45) is 0 Å². The van der Waals surface area contributed by atoms with Gasteiger partial charge < -0.3 is 4.52 Å². The summed E-state index contributed by atoms with van der Waals surface area (Å²) in [6.07, 6.45) is 0.290. The molecule has 1 fully saturated rings. The quantitative estimate of drug-likeness (QED) is 0.743. The van der Waals surface area contributed by atoms with Gasteiger partial charge in [-0.15, -0.1) is 0 Å². The molecule has 1 aromatic carbocycles. The minimum absolute atomic E-state index is 0.189. The maximum absolute atomic E-state index is 12.3. The van der Waals surface area contributed by atoms with E-state index in [9.17, 15) is 4.57 Å². The summed E-state index contributed by atoms with van der Waals surface area (Å²) in [5.41, 5.74) is 0. The van der Waals surface area contributed by atoms with Gasteiger partial charge in [0.1, 0.15) is 5.75 Å². The Kier molecular flexibility index (Phi) is 4.25. The molecule has 4 nitrogen and oxygen atoms in total. The number of hydrogen-bond acceptors (Lipinski definition) is 4. The van der Waals surface area contributed by atoms with E-state index in [2.05, 4.69) is 0 Å². The van der Waals surface area contributed by atoms with Crippen molar-refractivity contribution in [3.05, 3.63) is 28.2 Å². The molecule has 1 aromatic rings. The lowest BCUT2D eigenvalue weighted by Gasteiger charge is -2.30. The van der Waals surface area contributed by atoms with Crippen molar-refractivity contribution in [1.29, 1.82) is 0 Å². The number of benzene rings is 1. The van der Waals surface area contributed by atoms with E-state index in [1.807, 2.05) is 13.8 Å². The zero-order valence-corrected chi connectivity index (χ0v) is 12.3. The van der Waals surface area contributed by atoms with Gasteiger partial charge in [-0.05, 0) is 32.0 Å². The molecule has 1 aliphatic heterocycles. The molecule has 1 unspecified atom stereocenters. The Morgan fingerprint density at radius 1 is 1.28 bits per heavy atom. The first-order valence-electron chi connectivity index (χ1n) is 5.49. The largest absolute Gasteiger partial charge is 0.530 e.